The van der Waals surface area contributed by atoms with E-state index in [0.29, 0.717) is 18.0 Å². The molecule has 118 valence electrons. The standard InChI is InChI=1S/C16H14FN3OS2/c1-10-15(11-2-4-12(17)5-3-11)20-16(23-10)19-14(21)7-6-13-8-22-9-18-13/h2-5,8-9H,6-7H2,1H3,(H,19,20,21). The van der Waals surface area contributed by atoms with Crippen LogP contribution in [0.25, 0.3) is 11.3 Å². The van der Waals surface area contributed by atoms with Crippen LogP contribution >= 0.6 is 22.7 Å². The molecule has 3 rings (SSSR count). The topological polar surface area (TPSA) is 54.9 Å². The Balaban J connectivity index is 1.66. The maximum absolute atomic E-state index is 13.0. The van der Waals surface area contributed by atoms with Crippen molar-refractivity contribution < 1.29 is 9.18 Å². The van der Waals surface area contributed by atoms with E-state index in [9.17, 15) is 9.18 Å². The summed E-state index contributed by atoms with van der Waals surface area (Å²) in [6.45, 7) is 1.93. The first kappa shape index (κ1) is 15.8. The fourth-order valence-electron chi connectivity index (χ4n) is 2.11. The lowest BCUT2D eigenvalue weighted by atomic mass is 10.1. The van der Waals surface area contributed by atoms with Crippen molar-refractivity contribution in [3.05, 3.63) is 51.5 Å². The van der Waals surface area contributed by atoms with Crippen molar-refractivity contribution in [2.75, 3.05) is 5.32 Å². The fourth-order valence-corrected chi connectivity index (χ4v) is 3.55. The van der Waals surface area contributed by atoms with E-state index in [4.69, 9.17) is 0 Å². The summed E-state index contributed by atoms with van der Waals surface area (Å²) in [5.41, 5.74) is 4.28. The highest BCUT2D eigenvalue weighted by Gasteiger charge is 2.12. The zero-order valence-electron chi connectivity index (χ0n) is 12.4. The first-order valence-electron chi connectivity index (χ1n) is 7.02. The van der Waals surface area contributed by atoms with Crippen LogP contribution in [0.4, 0.5) is 9.52 Å². The summed E-state index contributed by atoms with van der Waals surface area (Å²) < 4.78 is 13.0. The van der Waals surface area contributed by atoms with E-state index in [-0.39, 0.29) is 11.7 Å². The third kappa shape index (κ3) is 4.00. The number of aromatic nitrogens is 2. The second-order valence-electron chi connectivity index (χ2n) is 4.96. The van der Waals surface area contributed by atoms with Crippen LogP contribution in [0.2, 0.25) is 0 Å². The van der Waals surface area contributed by atoms with Gasteiger partial charge in [0.25, 0.3) is 0 Å². The molecule has 4 nitrogen and oxygen atoms in total. The van der Waals surface area contributed by atoms with Crippen LogP contribution in [-0.2, 0) is 11.2 Å². The third-order valence-electron chi connectivity index (χ3n) is 3.25. The number of nitrogens with zero attached hydrogens (tertiary/aromatic N) is 2. The lowest BCUT2D eigenvalue weighted by Crippen LogP contribution is -2.12. The molecule has 1 N–H and O–H groups in total. The molecule has 0 atom stereocenters. The Kier molecular flexibility index (Phi) is 4.78. The van der Waals surface area contributed by atoms with Gasteiger partial charge in [-0.1, -0.05) is 0 Å². The van der Waals surface area contributed by atoms with Crippen LogP contribution in [0.5, 0.6) is 0 Å². The van der Waals surface area contributed by atoms with Gasteiger partial charge in [-0.15, -0.1) is 22.7 Å². The van der Waals surface area contributed by atoms with Crippen LogP contribution in [-0.4, -0.2) is 15.9 Å². The normalized spacial score (nSPS) is 10.7. The molecule has 0 bridgehead atoms. The van der Waals surface area contributed by atoms with Gasteiger partial charge in [0.05, 0.1) is 16.9 Å². The molecular weight excluding hydrogens is 333 g/mol. The number of carbonyl (C=O) groups excluding carboxylic acids is 1. The predicted octanol–water partition coefficient (Wildman–Crippen LogP) is 4.29. The highest BCUT2D eigenvalue weighted by Crippen LogP contribution is 2.30. The molecule has 0 aliphatic heterocycles. The number of amides is 1. The van der Waals surface area contributed by atoms with Gasteiger partial charge in [-0.25, -0.2) is 14.4 Å². The number of hydrogen-bond acceptors (Lipinski definition) is 5. The molecule has 0 aliphatic carbocycles. The van der Waals surface area contributed by atoms with Gasteiger partial charge in [-0.05, 0) is 37.6 Å². The SMILES string of the molecule is Cc1sc(NC(=O)CCc2cscn2)nc1-c1ccc(F)cc1. The van der Waals surface area contributed by atoms with Crippen LogP contribution in [0.1, 0.15) is 17.0 Å². The summed E-state index contributed by atoms with van der Waals surface area (Å²) in [7, 11) is 0. The van der Waals surface area contributed by atoms with Crippen molar-refractivity contribution >= 4 is 33.7 Å². The van der Waals surface area contributed by atoms with Gasteiger partial charge in [0.1, 0.15) is 5.82 Å². The highest BCUT2D eigenvalue weighted by atomic mass is 32.1. The second-order valence-corrected chi connectivity index (χ2v) is 6.88. The highest BCUT2D eigenvalue weighted by molar-refractivity contribution is 7.16. The molecule has 0 spiro atoms. The Morgan fingerprint density at radius 1 is 1.30 bits per heavy atom. The van der Waals surface area contributed by atoms with E-state index in [2.05, 4.69) is 15.3 Å². The Hall–Kier alpha value is -2.12. The van der Waals surface area contributed by atoms with Crippen LogP contribution in [0, 0.1) is 12.7 Å². The monoisotopic (exact) mass is 347 g/mol. The molecular formula is C16H14FN3OS2. The number of carbonyl (C=O) groups is 1. The number of thiazole rings is 2. The smallest absolute Gasteiger partial charge is 0.226 e. The molecule has 0 fully saturated rings. The van der Waals surface area contributed by atoms with Crippen molar-refractivity contribution in [1.82, 2.24) is 9.97 Å². The minimum absolute atomic E-state index is 0.0857. The van der Waals surface area contributed by atoms with Gasteiger partial charge in [0.2, 0.25) is 5.91 Å². The molecule has 1 aromatic carbocycles. The maximum atomic E-state index is 13.0. The summed E-state index contributed by atoms with van der Waals surface area (Å²) in [6.07, 6.45) is 0.985. The van der Waals surface area contributed by atoms with E-state index in [0.717, 1.165) is 21.8 Å². The number of hydrogen-bond donors (Lipinski definition) is 1. The van der Waals surface area contributed by atoms with Crippen LogP contribution < -0.4 is 5.32 Å². The molecule has 7 heteroatoms. The molecule has 3 aromatic rings. The third-order valence-corrected chi connectivity index (χ3v) is 4.77. The largest absolute Gasteiger partial charge is 0.302 e. The van der Waals surface area contributed by atoms with Crippen molar-refractivity contribution in [2.24, 2.45) is 0 Å². The van der Waals surface area contributed by atoms with Crippen molar-refractivity contribution in [3.8, 4) is 11.3 Å². The van der Waals surface area contributed by atoms with E-state index in [1.165, 1.54) is 34.8 Å². The molecule has 1 amide bonds. The summed E-state index contributed by atoms with van der Waals surface area (Å²) in [6, 6.07) is 6.18. The molecule has 0 radical (unpaired) electrons. The molecule has 0 unspecified atom stereocenters. The van der Waals surface area contributed by atoms with E-state index in [1.807, 2.05) is 12.3 Å². The second kappa shape index (κ2) is 6.97. The number of rotatable bonds is 5. The number of benzene rings is 1. The molecule has 2 heterocycles. The van der Waals surface area contributed by atoms with Gasteiger partial charge >= 0.3 is 0 Å². The first-order chi connectivity index (χ1) is 11.1. The quantitative estimate of drug-likeness (QED) is 0.749. The fraction of sp³-hybridized carbons (Fsp3) is 0.188. The number of halogens is 1. The zero-order chi connectivity index (χ0) is 16.2. The Labute approximate surface area is 141 Å². The van der Waals surface area contributed by atoms with Crippen LogP contribution in [0.3, 0.4) is 0 Å². The molecule has 0 saturated heterocycles. The van der Waals surface area contributed by atoms with Gasteiger partial charge in [0.15, 0.2) is 5.13 Å². The summed E-state index contributed by atoms with van der Waals surface area (Å²) >= 11 is 2.93. The molecule has 0 saturated carbocycles. The van der Waals surface area contributed by atoms with Crippen molar-refractivity contribution in [3.63, 3.8) is 0 Å². The minimum Gasteiger partial charge on any atom is -0.302 e. The molecule has 23 heavy (non-hydrogen) atoms. The van der Waals surface area contributed by atoms with Crippen LogP contribution in [0.15, 0.2) is 35.2 Å². The lowest BCUT2D eigenvalue weighted by Gasteiger charge is -2.00. The summed E-state index contributed by atoms with van der Waals surface area (Å²) in [5.74, 6) is -0.366. The van der Waals surface area contributed by atoms with Gasteiger partial charge < -0.3 is 5.32 Å². The van der Waals surface area contributed by atoms with E-state index in [1.54, 1.807) is 17.6 Å². The number of aryl methyl sites for hydroxylation is 2. The lowest BCUT2D eigenvalue weighted by molar-refractivity contribution is -0.116. The number of nitrogens with one attached hydrogen (secondary N) is 1. The average Bonchev–Trinajstić information content (AvgIpc) is 3.16. The first-order valence-corrected chi connectivity index (χ1v) is 8.78. The minimum atomic E-state index is -0.280. The zero-order valence-corrected chi connectivity index (χ0v) is 14.0. The average molecular weight is 347 g/mol. The molecule has 0 aliphatic rings. The summed E-state index contributed by atoms with van der Waals surface area (Å²) in [5, 5.41) is 5.31. The van der Waals surface area contributed by atoms with Crippen molar-refractivity contribution in [1.29, 1.82) is 0 Å². The Morgan fingerprint density at radius 2 is 2.09 bits per heavy atom. The number of anilines is 1. The van der Waals surface area contributed by atoms with E-state index < -0.39 is 0 Å². The van der Waals surface area contributed by atoms with Gasteiger partial charge in [0, 0.05) is 22.2 Å². The van der Waals surface area contributed by atoms with Gasteiger partial charge in [-0.2, -0.15) is 0 Å². The van der Waals surface area contributed by atoms with Gasteiger partial charge in [-0.3, -0.25) is 4.79 Å². The Morgan fingerprint density at radius 3 is 2.78 bits per heavy atom. The predicted molar refractivity (Wildman–Crippen MR) is 91.3 cm³/mol. The Bertz CT molecular complexity index is 797. The summed E-state index contributed by atoms with van der Waals surface area (Å²) in [4.78, 5) is 21.6. The molecule has 2 aromatic heterocycles. The van der Waals surface area contributed by atoms with Crippen molar-refractivity contribution in [2.45, 2.75) is 19.8 Å². The van der Waals surface area contributed by atoms with E-state index >= 15 is 0 Å². The maximum Gasteiger partial charge on any atom is 0.226 e.